The average molecular weight is 413 g/mol. The lowest BCUT2D eigenvalue weighted by Gasteiger charge is -2.10. The van der Waals surface area contributed by atoms with Crippen molar-refractivity contribution in [2.24, 2.45) is 0 Å². The molecule has 1 heterocycles. The van der Waals surface area contributed by atoms with E-state index < -0.39 is 27.8 Å². The van der Waals surface area contributed by atoms with Crippen molar-refractivity contribution in [2.75, 3.05) is 11.2 Å². The summed E-state index contributed by atoms with van der Waals surface area (Å²) in [7, 11) is -3.76. The maximum atomic E-state index is 13.5. The second-order valence-corrected chi connectivity index (χ2v) is 8.12. The van der Waals surface area contributed by atoms with E-state index in [-0.39, 0.29) is 22.4 Å². The Morgan fingerprint density at radius 2 is 1.86 bits per heavy atom. The number of nitrogens with one attached hydrogen (secondary N) is 2. The van der Waals surface area contributed by atoms with Crippen LogP contribution in [0.2, 0.25) is 0 Å². The number of nitrogens with two attached hydrogens (primary N) is 1. The van der Waals surface area contributed by atoms with Crippen molar-refractivity contribution < 1.29 is 21.6 Å². The topological polar surface area (TPSA) is 102 Å². The van der Waals surface area contributed by atoms with Crippen molar-refractivity contribution in [1.82, 2.24) is 14.6 Å². The lowest BCUT2D eigenvalue weighted by atomic mass is 10.2. The molecule has 0 aliphatic carbocycles. The Morgan fingerprint density at radius 1 is 1.14 bits per heavy atom. The zero-order chi connectivity index (χ0) is 20.6. The number of anilines is 2. The number of halogens is 3. The monoisotopic (exact) mass is 413 g/mol. The van der Waals surface area contributed by atoms with Crippen molar-refractivity contribution >= 4 is 32.4 Å². The second kappa shape index (κ2) is 7.32. The third-order valence-electron chi connectivity index (χ3n) is 3.87. The van der Waals surface area contributed by atoms with Gasteiger partial charge in [0.2, 0.25) is 10.0 Å². The fraction of sp³-hybridized carbons (Fsp3) is 0.235. The number of rotatable bonds is 6. The van der Waals surface area contributed by atoms with Crippen LogP contribution in [0, 0.1) is 5.82 Å². The van der Waals surface area contributed by atoms with Gasteiger partial charge in [-0.2, -0.15) is 4.79 Å². The molecular weight excluding hydrogens is 395 g/mol. The minimum absolute atomic E-state index is 0.00266. The van der Waals surface area contributed by atoms with Gasteiger partial charge < -0.3 is 11.2 Å². The van der Waals surface area contributed by atoms with Gasteiger partial charge in [-0.05, 0) is 50.2 Å². The summed E-state index contributed by atoms with van der Waals surface area (Å²) in [4.78, 5) is 1.03. The number of hydrogen-bond donors (Lipinski definition) is 3. The summed E-state index contributed by atoms with van der Waals surface area (Å²) in [6.07, 6.45) is -2.98. The molecule has 0 saturated carbocycles. The Hall–Kier alpha value is -2.79. The number of nitrogen functional groups attached to an aromatic ring is 1. The normalized spacial score (nSPS) is 12.2. The number of hydrogen-bond acceptors (Lipinski definition) is 5. The van der Waals surface area contributed by atoms with Crippen LogP contribution in [0.3, 0.4) is 0 Å². The molecule has 3 aromatic rings. The van der Waals surface area contributed by atoms with Gasteiger partial charge in [0.15, 0.2) is 5.82 Å². The SMILES string of the molecule is CC(C)NS(=O)(=O)c1ccc2c(c1)c(Nc1ccc(F)c(C(F)F)c1)nn2N. The molecule has 0 fully saturated rings. The summed E-state index contributed by atoms with van der Waals surface area (Å²) in [6, 6.07) is 7.07. The summed E-state index contributed by atoms with van der Waals surface area (Å²) < 4.78 is 66.6. The number of nitrogens with zero attached hydrogens (tertiary/aromatic N) is 2. The van der Waals surface area contributed by atoms with Crippen molar-refractivity contribution in [3.05, 3.63) is 47.8 Å². The van der Waals surface area contributed by atoms with E-state index in [1.54, 1.807) is 13.8 Å². The quantitative estimate of drug-likeness (QED) is 0.539. The van der Waals surface area contributed by atoms with Crippen molar-refractivity contribution in [2.45, 2.75) is 31.2 Å². The first-order valence-electron chi connectivity index (χ1n) is 8.23. The van der Waals surface area contributed by atoms with Crippen LogP contribution in [0.1, 0.15) is 25.8 Å². The van der Waals surface area contributed by atoms with E-state index in [0.717, 1.165) is 16.9 Å². The van der Waals surface area contributed by atoms with Gasteiger partial charge in [0.05, 0.1) is 16.0 Å². The molecule has 0 atom stereocenters. The molecule has 28 heavy (non-hydrogen) atoms. The molecule has 0 aliphatic rings. The summed E-state index contributed by atoms with van der Waals surface area (Å²) >= 11 is 0. The molecule has 7 nitrogen and oxygen atoms in total. The first-order valence-corrected chi connectivity index (χ1v) is 9.71. The lowest BCUT2D eigenvalue weighted by Crippen LogP contribution is -2.30. The molecule has 150 valence electrons. The minimum Gasteiger partial charge on any atom is -0.338 e. The highest BCUT2D eigenvalue weighted by molar-refractivity contribution is 7.89. The second-order valence-electron chi connectivity index (χ2n) is 6.41. The third-order valence-corrected chi connectivity index (χ3v) is 5.53. The number of fused-ring (bicyclic) bond motifs is 1. The van der Waals surface area contributed by atoms with E-state index in [1.807, 2.05) is 0 Å². The Morgan fingerprint density at radius 3 is 2.50 bits per heavy atom. The van der Waals surface area contributed by atoms with Gasteiger partial charge in [-0.1, -0.05) is 0 Å². The highest BCUT2D eigenvalue weighted by atomic mass is 32.2. The first-order chi connectivity index (χ1) is 13.1. The largest absolute Gasteiger partial charge is 0.338 e. The third kappa shape index (κ3) is 3.90. The molecule has 0 bridgehead atoms. The van der Waals surface area contributed by atoms with Crippen LogP contribution in [-0.2, 0) is 10.0 Å². The molecule has 2 aromatic carbocycles. The Bertz CT molecular complexity index is 1130. The zero-order valence-electron chi connectivity index (χ0n) is 14.9. The predicted octanol–water partition coefficient (Wildman–Crippen LogP) is 3.26. The van der Waals surface area contributed by atoms with E-state index in [4.69, 9.17) is 5.84 Å². The van der Waals surface area contributed by atoms with E-state index in [1.165, 1.54) is 24.3 Å². The van der Waals surface area contributed by atoms with Crippen LogP contribution in [-0.4, -0.2) is 24.3 Å². The molecule has 0 spiro atoms. The molecule has 11 heteroatoms. The fourth-order valence-electron chi connectivity index (χ4n) is 2.68. The van der Waals surface area contributed by atoms with Crippen molar-refractivity contribution in [3.8, 4) is 0 Å². The van der Waals surface area contributed by atoms with Crippen molar-refractivity contribution in [1.29, 1.82) is 0 Å². The summed E-state index contributed by atoms with van der Waals surface area (Å²) in [5.74, 6) is 4.91. The molecule has 0 unspecified atom stereocenters. The molecular formula is C17H18F3N5O2S. The number of alkyl halides is 2. The van der Waals surface area contributed by atoms with Crippen LogP contribution < -0.4 is 15.9 Å². The Balaban J connectivity index is 2.05. The number of sulfonamides is 1. The zero-order valence-corrected chi connectivity index (χ0v) is 15.8. The van der Waals surface area contributed by atoms with E-state index in [9.17, 15) is 21.6 Å². The van der Waals surface area contributed by atoms with Crippen molar-refractivity contribution in [3.63, 3.8) is 0 Å². The summed E-state index contributed by atoms with van der Waals surface area (Å²) in [5.41, 5.74) is -0.182. The van der Waals surface area contributed by atoms with Crippen LogP contribution in [0.15, 0.2) is 41.3 Å². The molecule has 3 rings (SSSR count). The summed E-state index contributed by atoms with van der Waals surface area (Å²) in [6.45, 7) is 3.38. The Kier molecular flexibility index (Phi) is 5.22. The van der Waals surface area contributed by atoms with E-state index in [0.29, 0.717) is 10.9 Å². The highest BCUT2D eigenvalue weighted by Gasteiger charge is 2.19. The van der Waals surface area contributed by atoms with E-state index >= 15 is 0 Å². The summed E-state index contributed by atoms with van der Waals surface area (Å²) in [5, 5.41) is 7.19. The average Bonchev–Trinajstić information content (AvgIpc) is 2.90. The van der Waals surface area contributed by atoms with Crippen LogP contribution in [0.25, 0.3) is 10.9 Å². The van der Waals surface area contributed by atoms with Gasteiger partial charge in [-0.3, -0.25) is 0 Å². The van der Waals surface area contributed by atoms with Gasteiger partial charge in [0.1, 0.15) is 5.82 Å². The maximum absolute atomic E-state index is 13.5. The molecule has 4 N–H and O–H groups in total. The van der Waals surface area contributed by atoms with Crippen LogP contribution in [0.4, 0.5) is 24.7 Å². The fourth-order valence-corrected chi connectivity index (χ4v) is 3.96. The van der Waals surface area contributed by atoms with Gasteiger partial charge in [-0.15, -0.1) is 5.10 Å². The predicted molar refractivity (Wildman–Crippen MR) is 100.0 cm³/mol. The standard InChI is InChI=1S/C17H18F3N5O2S/c1-9(2)24-28(26,27)11-4-6-15-13(8-11)17(23-25(15)21)22-10-3-5-14(18)12(7-10)16(19)20/h3-9,16,24H,21H2,1-2H3,(H,22,23). The lowest BCUT2D eigenvalue weighted by molar-refractivity contribution is 0.146. The van der Waals surface area contributed by atoms with Gasteiger partial charge in [0.25, 0.3) is 6.43 Å². The molecule has 0 amide bonds. The maximum Gasteiger partial charge on any atom is 0.266 e. The van der Waals surface area contributed by atoms with Gasteiger partial charge in [0, 0.05) is 17.1 Å². The van der Waals surface area contributed by atoms with Crippen LogP contribution in [0.5, 0.6) is 0 Å². The first kappa shape index (κ1) is 20.0. The van der Waals surface area contributed by atoms with Crippen LogP contribution >= 0.6 is 0 Å². The molecule has 0 aliphatic heterocycles. The highest BCUT2D eigenvalue weighted by Crippen LogP contribution is 2.30. The Labute approximate surface area is 159 Å². The molecule has 0 radical (unpaired) electrons. The van der Waals surface area contributed by atoms with Gasteiger partial charge >= 0.3 is 0 Å². The number of benzene rings is 2. The number of aromatic nitrogens is 2. The van der Waals surface area contributed by atoms with E-state index in [2.05, 4.69) is 15.1 Å². The molecule has 1 aromatic heterocycles. The molecule has 0 saturated heterocycles. The minimum atomic E-state index is -3.76. The van der Waals surface area contributed by atoms with Gasteiger partial charge in [-0.25, -0.2) is 26.3 Å². The smallest absolute Gasteiger partial charge is 0.266 e.